The standard InChI is InChI=1S/C33H50O3/c1-5-9-13-17-25-21-29(22-26(31(25)34)18-14-10-6-2)33(36)30-23-27(19-15-11-7-3)32(35)28(24-30)20-16-12-8-4/h21-24,34-35H,5-20H2,1-4H3. The van der Waals surface area contributed by atoms with E-state index in [1.54, 1.807) is 0 Å². The molecule has 0 aliphatic heterocycles. The number of aryl methyl sites for hydroxylation is 4. The van der Waals surface area contributed by atoms with Crippen LogP contribution in [0.3, 0.4) is 0 Å². The summed E-state index contributed by atoms with van der Waals surface area (Å²) < 4.78 is 0. The van der Waals surface area contributed by atoms with E-state index < -0.39 is 0 Å². The summed E-state index contributed by atoms with van der Waals surface area (Å²) in [5.74, 6) is 0.756. The molecule has 0 spiro atoms. The molecule has 3 heteroatoms. The Morgan fingerprint density at radius 2 is 0.750 bits per heavy atom. The predicted octanol–water partition coefficient (Wildman–Crippen LogP) is 9.26. The van der Waals surface area contributed by atoms with Crippen molar-refractivity contribution in [1.82, 2.24) is 0 Å². The second kappa shape index (κ2) is 16.5. The van der Waals surface area contributed by atoms with Crippen LogP contribution in [-0.4, -0.2) is 16.0 Å². The summed E-state index contributed by atoms with van der Waals surface area (Å²) in [5, 5.41) is 22.0. The first-order valence-electron chi connectivity index (χ1n) is 14.7. The maximum Gasteiger partial charge on any atom is 0.193 e. The van der Waals surface area contributed by atoms with E-state index in [4.69, 9.17) is 0 Å². The second-order valence-electron chi connectivity index (χ2n) is 10.4. The van der Waals surface area contributed by atoms with E-state index in [1.807, 2.05) is 24.3 Å². The van der Waals surface area contributed by atoms with Gasteiger partial charge in [-0.25, -0.2) is 0 Å². The summed E-state index contributed by atoms with van der Waals surface area (Å²) >= 11 is 0. The number of phenolic OH excluding ortho intramolecular Hbond substituents is 2. The van der Waals surface area contributed by atoms with Gasteiger partial charge in [-0.05, 0) is 97.9 Å². The largest absolute Gasteiger partial charge is 0.507 e. The molecule has 0 atom stereocenters. The van der Waals surface area contributed by atoms with Crippen LogP contribution in [-0.2, 0) is 25.7 Å². The molecule has 2 rings (SSSR count). The van der Waals surface area contributed by atoms with Crippen molar-refractivity contribution in [1.29, 1.82) is 0 Å². The Hall–Kier alpha value is -2.29. The first-order valence-corrected chi connectivity index (χ1v) is 14.7. The fourth-order valence-corrected chi connectivity index (χ4v) is 4.97. The molecule has 2 N–H and O–H groups in total. The number of hydrogen-bond acceptors (Lipinski definition) is 3. The first-order chi connectivity index (χ1) is 17.5. The van der Waals surface area contributed by atoms with E-state index in [1.165, 1.54) is 0 Å². The SMILES string of the molecule is CCCCCc1cc(C(=O)c2cc(CCCCC)c(O)c(CCCCC)c2)cc(CCCCC)c1O. The molecule has 0 fully saturated rings. The van der Waals surface area contributed by atoms with Crippen LogP contribution in [0, 0.1) is 0 Å². The van der Waals surface area contributed by atoms with Crippen LogP contribution in [0.4, 0.5) is 0 Å². The smallest absolute Gasteiger partial charge is 0.193 e. The zero-order chi connectivity index (χ0) is 26.3. The molecule has 0 aliphatic rings. The van der Waals surface area contributed by atoms with Crippen LogP contribution in [0.15, 0.2) is 24.3 Å². The van der Waals surface area contributed by atoms with Crippen molar-refractivity contribution in [3.05, 3.63) is 57.6 Å². The third-order valence-electron chi connectivity index (χ3n) is 7.26. The maximum atomic E-state index is 13.8. The van der Waals surface area contributed by atoms with E-state index in [2.05, 4.69) is 27.7 Å². The summed E-state index contributed by atoms with van der Waals surface area (Å²) in [6, 6.07) is 7.65. The number of benzene rings is 2. The number of unbranched alkanes of at least 4 members (excludes halogenated alkanes) is 8. The molecule has 2 aromatic carbocycles. The van der Waals surface area contributed by atoms with E-state index in [0.717, 1.165) is 125 Å². The minimum atomic E-state index is -0.00281. The third-order valence-corrected chi connectivity index (χ3v) is 7.26. The molecule has 0 heterocycles. The van der Waals surface area contributed by atoms with E-state index in [0.29, 0.717) is 22.6 Å². The van der Waals surface area contributed by atoms with E-state index >= 15 is 0 Å². The molecule has 0 bridgehead atoms. The number of carbonyl (C=O) groups excluding carboxylic acids is 1. The van der Waals surface area contributed by atoms with Crippen LogP contribution in [0.1, 0.15) is 143 Å². The van der Waals surface area contributed by atoms with E-state index in [9.17, 15) is 15.0 Å². The number of aromatic hydroxyl groups is 2. The van der Waals surface area contributed by atoms with Crippen molar-refractivity contribution in [3.8, 4) is 11.5 Å². The predicted molar refractivity (Wildman–Crippen MR) is 153 cm³/mol. The number of ketones is 1. The van der Waals surface area contributed by atoms with Gasteiger partial charge in [-0.1, -0.05) is 79.1 Å². The van der Waals surface area contributed by atoms with Gasteiger partial charge in [0.2, 0.25) is 0 Å². The first kappa shape index (κ1) is 29.9. The zero-order valence-corrected chi connectivity index (χ0v) is 23.4. The van der Waals surface area contributed by atoms with Crippen LogP contribution in [0.2, 0.25) is 0 Å². The van der Waals surface area contributed by atoms with Crippen molar-refractivity contribution in [2.75, 3.05) is 0 Å². The molecule has 36 heavy (non-hydrogen) atoms. The monoisotopic (exact) mass is 494 g/mol. The average Bonchev–Trinajstić information content (AvgIpc) is 2.87. The van der Waals surface area contributed by atoms with Gasteiger partial charge in [0.05, 0.1) is 0 Å². The molecule has 0 radical (unpaired) electrons. The highest BCUT2D eigenvalue weighted by atomic mass is 16.3. The van der Waals surface area contributed by atoms with Crippen molar-refractivity contribution in [2.45, 2.75) is 130 Å². The van der Waals surface area contributed by atoms with Crippen molar-refractivity contribution in [2.24, 2.45) is 0 Å². The van der Waals surface area contributed by atoms with Crippen LogP contribution in [0.5, 0.6) is 11.5 Å². The van der Waals surface area contributed by atoms with Gasteiger partial charge in [0.25, 0.3) is 0 Å². The summed E-state index contributed by atoms with van der Waals surface area (Å²) in [5.41, 5.74) is 4.90. The maximum absolute atomic E-state index is 13.8. The van der Waals surface area contributed by atoms with E-state index in [-0.39, 0.29) is 5.78 Å². The second-order valence-corrected chi connectivity index (χ2v) is 10.4. The van der Waals surface area contributed by atoms with Crippen LogP contribution in [0.25, 0.3) is 0 Å². The molecule has 200 valence electrons. The third kappa shape index (κ3) is 8.98. The topological polar surface area (TPSA) is 57.5 Å². The minimum absolute atomic E-state index is 0.00281. The Morgan fingerprint density at radius 1 is 0.500 bits per heavy atom. The van der Waals surface area contributed by atoms with Gasteiger partial charge < -0.3 is 10.2 Å². The lowest BCUT2D eigenvalue weighted by Crippen LogP contribution is -2.07. The van der Waals surface area contributed by atoms with Gasteiger partial charge in [-0.3, -0.25) is 4.79 Å². The quantitative estimate of drug-likeness (QED) is 0.160. The van der Waals surface area contributed by atoms with Crippen molar-refractivity contribution < 1.29 is 15.0 Å². The van der Waals surface area contributed by atoms with Crippen molar-refractivity contribution >= 4 is 5.78 Å². The van der Waals surface area contributed by atoms with Crippen molar-refractivity contribution in [3.63, 3.8) is 0 Å². The van der Waals surface area contributed by atoms with Gasteiger partial charge in [0, 0.05) is 11.1 Å². The molecular formula is C33H50O3. The summed E-state index contributed by atoms with van der Waals surface area (Å²) in [6.45, 7) is 8.71. The zero-order valence-electron chi connectivity index (χ0n) is 23.4. The normalized spacial score (nSPS) is 11.2. The number of carbonyl (C=O) groups is 1. The Labute approximate surface area is 220 Å². The van der Waals surface area contributed by atoms with Crippen LogP contribution < -0.4 is 0 Å². The molecule has 2 aromatic rings. The summed E-state index contributed by atoms with van der Waals surface area (Å²) in [6.07, 6.45) is 16.2. The highest BCUT2D eigenvalue weighted by Gasteiger charge is 2.19. The van der Waals surface area contributed by atoms with Gasteiger partial charge in [-0.15, -0.1) is 0 Å². The van der Waals surface area contributed by atoms with Gasteiger partial charge in [0.15, 0.2) is 5.78 Å². The lowest BCUT2D eigenvalue weighted by Gasteiger charge is -2.15. The summed E-state index contributed by atoms with van der Waals surface area (Å²) in [7, 11) is 0. The highest BCUT2D eigenvalue weighted by molar-refractivity contribution is 6.09. The molecule has 3 nitrogen and oxygen atoms in total. The number of phenols is 2. The lowest BCUT2D eigenvalue weighted by atomic mass is 9.90. The Bertz CT molecular complexity index is 806. The fourth-order valence-electron chi connectivity index (χ4n) is 4.97. The Balaban J connectivity index is 2.46. The number of rotatable bonds is 18. The number of hydrogen-bond donors (Lipinski definition) is 2. The lowest BCUT2D eigenvalue weighted by molar-refractivity contribution is 0.103. The minimum Gasteiger partial charge on any atom is -0.507 e. The Kier molecular flexibility index (Phi) is 13.7. The molecule has 0 saturated carbocycles. The Morgan fingerprint density at radius 3 is 0.972 bits per heavy atom. The molecule has 0 saturated heterocycles. The van der Waals surface area contributed by atoms with Gasteiger partial charge in [-0.2, -0.15) is 0 Å². The summed E-state index contributed by atoms with van der Waals surface area (Å²) in [4.78, 5) is 13.8. The highest BCUT2D eigenvalue weighted by Crippen LogP contribution is 2.32. The average molecular weight is 495 g/mol. The van der Waals surface area contributed by atoms with Gasteiger partial charge >= 0.3 is 0 Å². The van der Waals surface area contributed by atoms with Gasteiger partial charge in [0.1, 0.15) is 11.5 Å². The fraction of sp³-hybridized carbons (Fsp3) is 0.606. The molecular weight excluding hydrogens is 444 g/mol. The molecule has 0 unspecified atom stereocenters. The molecule has 0 aromatic heterocycles. The van der Waals surface area contributed by atoms with Crippen LogP contribution >= 0.6 is 0 Å². The molecule has 0 amide bonds. The molecule has 0 aliphatic carbocycles.